The second-order valence-electron chi connectivity index (χ2n) is 4.27. The van der Waals surface area contributed by atoms with E-state index in [0.717, 1.165) is 22.8 Å². The molecule has 0 bridgehead atoms. The second kappa shape index (κ2) is 4.10. The number of fused-ring (bicyclic) bond motifs is 1. The summed E-state index contributed by atoms with van der Waals surface area (Å²) in [7, 11) is 0. The van der Waals surface area contributed by atoms with E-state index in [1.165, 1.54) is 10.3 Å². The van der Waals surface area contributed by atoms with Crippen LogP contribution in [0.25, 0.3) is 15.3 Å². The zero-order valence-corrected chi connectivity index (χ0v) is 11.2. The molecule has 1 aromatic carbocycles. The van der Waals surface area contributed by atoms with Crippen LogP contribution in [-0.4, -0.2) is 14.8 Å². The van der Waals surface area contributed by atoms with E-state index in [1.54, 1.807) is 16.0 Å². The van der Waals surface area contributed by atoms with E-state index in [-0.39, 0.29) is 0 Å². The average Bonchev–Trinajstić information content (AvgIpc) is 2.90. The van der Waals surface area contributed by atoms with Gasteiger partial charge in [-0.1, -0.05) is 24.3 Å². The summed E-state index contributed by atoms with van der Waals surface area (Å²) in [5.41, 5.74) is 9.14. The average molecular weight is 258 g/mol. The molecule has 2 heterocycles. The first-order valence-electron chi connectivity index (χ1n) is 5.89. The highest BCUT2D eigenvalue weighted by atomic mass is 32.1. The molecule has 5 heteroatoms. The summed E-state index contributed by atoms with van der Waals surface area (Å²) < 4.78 is 2.88. The van der Waals surface area contributed by atoms with Gasteiger partial charge in [-0.2, -0.15) is 9.78 Å². The largest absolute Gasteiger partial charge is 0.383 e. The Hall–Kier alpha value is -1.88. The fraction of sp³-hybridized carbons (Fsp3) is 0.231. The van der Waals surface area contributed by atoms with Gasteiger partial charge in [-0.15, -0.1) is 0 Å². The minimum atomic E-state index is 0.627. The van der Waals surface area contributed by atoms with Crippen molar-refractivity contribution in [3.05, 3.63) is 35.5 Å². The van der Waals surface area contributed by atoms with Crippen molar-refractivity contribution in [2.24, 2.45) is 0 Å². The molecule has 3 aromatic rings. The third-order valence-electron chi connectivity index (χ3n) is 2.89. The molecule has 0 amide bonds. The van der Waals surface area contributed by atoms with Crippen molar-refractivity contribution in [3.63, 3.8) is 0 Å². The normalized spacial score (nSPS) is 11.2. The summed E-state index contributed by atoms with van der Waals surface area (Å²) in [5, 5.41) is 5.18. The maximum absolute atomic E-state index is 5.92. The molecule has 0 aliphatic rings. The summed E-state index contributed by atoms with van der Waals surface area (Å²) in [6.07, 6.45) is 1.03. The van der Waals surface area contributed by atoms with Gasteiger partial charge < -0.3 is 5.73 Å². The lowest BCUT2D eigenvalue weighted by molar-refractivity contribution is 0.865. The lowest BCUT2D eigenvalue weighted by atomic mass is 10.2. The molecule has 0 atom stereocenters. The molecule has 3 rings (SSSR count). The van der Waals surface area contributed by atoms with Gasteiger partial charge in [-0.3, -0.25) is 0 Å². The van der Waals surface area contributed by atoms with Crippen molar-refractivity contribution < 1.29 is 0 Å². The van der Waals surface area contributed by atoms with Gasteiger partial charge in [0.05, 0.1) is 15.9 Å². The van der Waals surface area contributed by atoms with Crippen LogP contribution < -0.4 is 5.73 Å². The van der Waals surface area contributed by atoms with Crippen molar-refractivity contribution >= 4 is 27.4 Å². The summed E-state index contributed by atoms with van der Waals surface area (Å²) in [4.78, 5) is 4.57. The van der Waals surface area contributed by atoms with Crippen LogP contribution in [0.3, 0.4) is 0 Å². The fourth-order valence-corrected chi connectivity index (χ4v) is 2.94. The van der Waals surface area contributed by atoms with Crippen molar-refractivity contribution in [3.8, 4) is 5.13 Å². The smallest absolute Gasteiger partial charge is 0.213 e. The highest BCUT2D eigenvalue weighted by Crippen LogP contribution is 2.27. The topological polar surface area (TPSA) is 56.7 Å². The molecule has 0 radical (unpaired) electrons. The predicted octanol–water partition coefficient (Wildman–Crippen LogP) is 2.94. The van der Waals surface area contributed by atoms with E-state index in [2.05, 4.69) is 35.2 Å². The minimum absolute atomic E-state index is 0.627. The fourth-order valence-electron chi connectivity index (χ4n) is 1.94. The summed E-state index contributed by atoms with van der Waals surface area (Å²) in [6.45, 7) is 4.08. The highest BCUT2D eigenvalue weighted by molar-refractivity contribution is 7.20. The van der Waals surface area contributed by atoms with Crippen LogP contribution in [0.5, 0.6) is 0 Å². The molecule has 0 fully saturated rings. The Morgan fingerprint density at radius 1 is 1.33 bits per heavy atom. The maximum Gasteiger partial charge on any atom is 0.213 e. The number of hydrogen-bond acceptors (Lipinski definition) is 4. The van der Waals surface area contributed by atoms with Crippen LogP contribution in [0.15, 0.2) is 24.3 Å². The van der Waals surface area contributed by atoms with E-state index in [4.69, 9.17) is 5.73 Å². The Labute approximate surface area is 109 Å². The van der Waals surface area contributed by atoms with Crippen LogP contribution in [-0.2, 0) is 6.42 Å². The van der Waals surface area contributed by atoms with Gasteiger partial charge in [0.15, 0.2) is 0 Å². The maximum atomic E-state index is 5.92. The van der Waals surface area contributed by atoms with Crippen molar-refractivity contribution in [1.82, 2.24) is 14.8 Å². The van der Waals surface area contributed by atoms with Crippen molar-refractivity contribution in [1.29, 1.82) is 0 Å². The molecule has 0 spiro atoms. The molecule has 0 unspecified atom stereocenters. The van der Waals surface area contributed by atoms with Crippen LogP contribution in [0, 0.1) is 6.92 Å². The van der Waals surface area contributed by atoms with Crippen LogP contribution >= 0.6 is 11.3 Å². The zero-order chi connectivity index (χ0) is 12.7. The standard InChI is InChI=1S/C13H14N4S/c1-3-9-4-5-10-11(7-9)18-13(15-10)17-12(14)6-8(2)16-17/h4-7H,3,14H2,1-2H3. The molecule has 0 aliphatic heterocycles. The summed E-state index contributed by atoms with van der Waals surface area (Å²) in [6, 6.07) is 8.21. The number of aryl methyl sites for hydroxylation is 2. The Balaban J connectivity index is 2.16. The summed E-state index contributed by atoms with van der Waals surface area (Å²) in [5.74, 6) is 0.627. The molecule has 0 saturated heterocycles. The van der Waals surface area contributed by atoms with Gasteiger partial charge in [0.2, 0.25) is 5.13 Å². The Bertz CT molecular complexity index is 711. The number of nitrogen functional groups attached to an aromatic ring is 1. The number of rotatable bonds is 2. The third kappa shape index (κ3) is 1.76. The summed E-state index contributed by atoms with van der Waals surface area (Å²) >= 11 is 1.62. The van der Waals surface area contributed by atoms with E-state index in [1.807, 2.05) is 13.0 Å². The molecule has 2 N–H and O–H groups in total. The van der Waals surface area contributed by atoms with Crippen molar-refractivity contribution in [2.45, 2.75) is 20.3 Å². The predicted molar refractivity (Wildman–Crippen MR) is 75.3 cm³/mol. The van der Waals surface area contributed by atoms with Crippen LogP contribution in [0.4, 0.5) is 5.82 Å². The molecular weight excluding hydrogens is 244 g/mol. The third-order valence-corrected chi connectivity index (χ3v) is 3.88. The molecule has 18 heavy (non-hydrogen) atoms. The van der Waals surface area contributed by atoms with Crippen LogP contribution in [0.2, 0.25) is 0 Å². The first-order chi connectivity index (χ1) is 8.67. The first-order valence-corrected chi connectivity index (χ1v) is 6.71. The Morgan fingerprint density at radius 3 is 2.83 bits per heavy atom. The van der Waals surface area contributed by atoms with Gasteiger partial charge in [0, 0.05) is 6.07 Å². The molecule has 0 saturated carbocycles. The zero-order valence-electron chi connectivity index (χ0n) is 10.3. The number of anilines is 1. The number of aromatic nitrogens is 3. The molecule has 0 aliphatic carbocycles. The van der Waals surface area contributed by atoms with Gasteiger partial charge in [0.25, 0.3) is 0 Å². The lowest BCUT2D eigenvalue weighted by Crippen LogP contribution is -2.00. The molecule has 2 aromatic heterocycles. The van der Waals surface area contributed by atoms with Gasteiger partial charge in [0.1, 0.15) is 5.82 Å². The SMILES string of the molecule is CCc1ccc2nc(-n3nc(C)cc3N)sc2c1. The first kappa shape index (κ1) is 11.2. The number of hydrogen-bond donors (Lipinski definition) is 1. The molecule has 92 valence electrons. The number of nitrogens with two attached hydrogens (primary N) is 1. The van der Waals surface area contributed by atoms with E-state index in [9.17, 15) is 0 Å². The van der Waals surface area contributed by atoms with Gasteiger partial charge >= 0.3 is 0 Å². The van der Waals surface area contributed by atoms with Crippen molar-refractivity contribution in [2.75, 3.05) is 5.73 Å². The minimum Gasteiger partial charge on any atom is -0.383 e. The van der Waals surface area contributed by atoms with E-state index >= 15 is 0 Å². The Morgan fingerprint density at radius 2 is 2.17 bits per heavy atom. The monoisotopic (exact) mass is 258 g/mol. The number of benzene rings is 1. The Kier molecular flexibility index (Phi) is 2.56. The quantitative estimate of drug-likeness (QED) is 0.769. The van der Waals surface area contributed by atoms with E-state index < -0.39 is 0 Å². The lowest BCUT2D eigenvalue weighted by Gasteiger charge is -1.96. The number of nitrogens with zero attached hydrogens (tertiary/aromatic N) is 3. The number of thiazole rings is 1. The van der Waals surface area contributed by atoms with E-state index in [0.29, 0.717) is 5.82 Å². The van der Waals surface area contributed by atoms with Gasteiger partial charge in [-0.25, -0.2) is 4.98 Å². The molecule has 4 nitrogen and oxygen atoms in total. The van der Waals surface area contributed by atoms with Gasteiger partial charge in [-0.05, 0) is 31.0 Å². The second-order valence-corrected chi connectivity index (χ2v) is 5.28. The highest BCUT2D eigenvalue weighted by Gasteiger charge is 2.10. The molecular formula is C13H14N4S. The van der Waals surface area contributed by atoms with Crippen LogP contribution in [0.1, 0.15) is 18.2 Å².